The van der Waals surface area contributed by atoms with Crippen molar-refractivity contribution in [1.29, 1.82) is 0 Å². The molecule has 2 rings (SSSR count). The summed E-state index contributed by atoms with van der Waals surface area (Å²) in [7, 11) is 0. The van der Waals surface area contributed by atoms with Gasteiger partial charge in [-0.25, -0.2) is 0 Å². The number of carbonyl (C=O) groups is 2. The highest BCUT2D eigenvalue weighted by Crippen LogP contribution is 2.49. The molecule has 2 aliphatic rings. The Balaban J connectivity index is 2.33. The fourth-order valence-corrected chi connectivity index (χ4v) is 2.46. The smallest absolute Gasteiger partial charge is 0.139 e. The molecule has 0 unspecified atom stereocenters. The van der Waals surface area contributed by atoms with Gasteiger partial charge in [0.15, 0.2) is 0 Å². The van der Waals surface area contributed by atoms with Crippen LogP contribution >= 0.6 is 0 Å². The molecule has 2 aliphatic carbocycles. The van der Waals surface area contributed by atoms with E-state index in [0.717, 1.165) is 6.42 Å². The topological polar surface area (TPSA) is 34.1 Å². The molecule has 2 atom stereocenters. The van der Waals surface area contributed by atoms with Crippen LogP contribution in [0.4, 0.5) is 0 Å². The maximum Gasteiger partial charge on any atom is 0.139 e. The van der Waals surface area contributed by atoms with E-state index < -0.39 is 0 Å². The number of rotatable bonds is 0. The van der Waals surface area contributed by atoms with Crippen molar-refractivity contribution in [2.24, 2.45) is 11.3 Å². The van der Waals surface area contributed by atoms with Gasteiger partial charge >= 0.3 is 0 Å². The molecule has 2 fully saturated rings. The third-order valence-electron chi connectivity index (χ3n) is 3.30. The Morgan fingerprint density at radius 3 is 2.82 bits per heavy atom. The van der Waals surface area contributed by atoms with Crippen molar-refractivity contribution in [1.82, 2.24) is 0 Å². The molecular formula is C9H12O2. The number of hydrogen-bond acceptors (Lipinski definition) is 2. The molecule has 0 amide bonds. The van der Waals surface area contributed by atoms with Gasteiger partial charge in [0, 0.05) is 24.7 Å². The largest absolute Gasteiger partial charge is 0.300 e. The van der Waals surface area contributed by atoms with Gasteiger partial charge < -0.3 is 0 Å². The van der Waals surface area contributed by atoms with E-state index >= 15 is 0 Å². The van der Waals surface area contributed by atoms with Crippen molar-refractivity contribution >= 4 is 11.6 Å². The Bertz CT molecular complexity index is 232. The van der Waals surface area contributed by atoms with E-state index in [2.05, 4.69) is 0 Å². The van der Waals surface area contributed by atoms with Gasteiger partial charge in [0.2, 0.25) is 0 Å². The summed E-state index contributed by atoms with van der Waals surface area (Å²) in [5.41, 5.74) is -0.253. The molecule has 11 heavy (non-hydrogen) atoms. The van der Waals surface area contributed by atoms with Gasteiger partial charge in [-0.15, -0.1) is 0 Å². The first-order valence-electron chi connectivity index (χ1n) is 4.18. The molecule has 2 nitrogen and oxygen atoms in total. The van der Waals surface area contributed by atoms with E-state index in [0.29, 0.717) is 31.0 Å². The fourth-order valence-electron chi connectivity index (χ4n) is 2.46. The van der Waals surface area contributed by atoms with Crippen LogP contribution in [0.15, 0.2) is 0 Å². The molecule has 2 heteroatoms. The highest BCUT2D eigenvalue weighted by Gasteiger charge is 2.51. The third kappa shape index (κ3) is 0.784. The van der Waals surface area contributed by atoms with Crippen LogP contribution < -0.4 is 0 Å². The van der Waals surface area contributed by atoms with E-state index in [9.17, 15) is 9.59 Å². The summed E-state index contributed by atoms with van der Waals surface area (Å²) >= 11 is 0. The van der Waals surface area contributed by atoms with Crippen LogP contribution in [0, 0.1) is 11.3 Å². The average Bonchev–Trinajstić information content (AvgIpc) is 2.32. The summed E-state index contributed by atoms with van der Waals surface area (Å²) in [6.45, 7) is 1.96. The molecule has 0 aromatic heterocycles. The highest BCUT2D eigenvalue weighted by atomic mass is 16.1. The van der Waals surface area contributed by atoms with Gasteiger partial charge in [0.1, 0.15) is 11.6 Å². The van der Waals surface area contributed by atoms with E-state index in [4.69, 9.17) is 0 Å². The lowest BCUT2D eigenvalue weighted by molar-refractivity contribution is -0.127. The van der Waals surface area contributed by atoms with E-state index in [1.54, 1.807) is 0 Å². The van der Waals surface area contributed by atoms with Crippen molar-refractivity contribution in [2.75, 3.05) is 0 Å². The highest BCUT2D eigenvalue weighted by molar-refractivity contribution is 5.96. The Labute approximate surface area is 66.0 Å². The molecule has 0 bridgehead atoms. The zero-order valence-corrected chi connectivity index (χ0v) is 6.72. The molecule has 0 heterocycles. The molecule has 0 spiro atoms. The summed E-state index contributed by atoms with van der Waals surface area (Å²) in [6.07, 6.45) is 2.81. The van der Waals surface area contributed by atoms with Gasteiger partial charge in [0.05, 0.1) is 0 Å². The summed E-state index contributed by atoms with van der Waals surface area (Å²) in [6, 6.07) is 0. The van der Waals surface area contributed by atoms with Crippen molar-refractivity contribution in [3.63, 3.8) is 0 Å². The quantitative estimate of drug-likeness (QED) is 0.524. The molecule has 0 aliphatic heterocycles. The van der Waals surface area contributed by atoms with E-state index in [1.807, 2.05) is 6.92 Å². The second-order valence-electron chi connectivity index (χ2n) is 4.00. The molecule has 0 aromatic rings. The van der Waals surface area contributed by atoms with E-state index in [-0.39, 0.29) is 11.2 Å². The minimum absolute atomic E-state index is 0.253. The zero-order chi connectivity index (χ0) is 8.06. The van der Waals surface area contributed by atoms with Crippen LogP contribution in [0.2, 0.25) is 0 Å². The number of ketones is 2. The van der Waals surface area contributed by atoms with E-state index in [1.165, 1.54) is 0 Å². The van der Waals surface area contributed by atoms with Crippen LogP contribution in [0.25, 0.3) is 0 Å². The maximum absolute atomic E-state index is 11.4. The normalized spacial score (nSPS) is 43.2. The van der Waals surface area contributed by atoms with Crippen LogP contribution in [0.3, 0.4) is 0 Å². The predicted octanol–water partition coefficient (Wildman–Crippen LogP) is 1.33. The lowest BCUT2D eigenvalue weighted by atomic mass is 9.82. The number of fused-ring (bicyclic) bond motifs is 1. The van der Waals surface area contributed by atoms with Gasteiger partial charge in [-0.2, -0.15) is 0 Å². The van der Waals surface area contributed by atoms with Crippen LogP contribution in [0.5, 0.6) is 0 Å². The first-order valence-corrected chi connectivity index (χ1v) is 4.18. The summed E-state index contributed by atoms with van der Waals surface area (Å²) in [5.74, 6) is 0.974. The summed E-state index contributed by atoms with van der Waals surface area (Å²) in [4.78, 5) is 22.4. The zero-order valence-electron chi connectivity index (χ0n) is 6.72. The first-order chi connectivity index (χ1) is 5.13. The fraction of sp³-hybridized carbons (Fsp3) is 0.778. The third-order valence-corrected chi connectivity index (χ3v) is 3.30. The Kier molecular flexibility index (Phi) is 1.23. The molecule has 0 N–H and O–H groups in total. The second-order valence-corrected chi connectivity index (χ2v) is 4.00. The van der Waals surface area contributed by atoms with Crippen LogP contribution in [-0.4, -0.2) is 11.6 Å². The average molecular weight is 152 g/mol. The summed E-state index contributed by atoms with van der Waals surface area (Å²) < 4.78 is 0. The van der Waals surface area contributed by atoms with Crippen molar-refractivity contribution in [3.8, 4) is 0 Å². The molecule has 0 saturated heterocycles. The van der Waals surface area contributed by atoms with Gasteiger partial charge in [-0.05, 0) is 12.3 Å². The minimum atomic E-state index is -0.253. The number of hydrogen-bond donors (Lipinski definition) is 0. The monoisotopic (exact) mass is 152 g/mol. The first kappa shape index (κ1) is 7.01. The molecule has 2 saturated carbocycles. The lowest BCUT2D eigenvalue weighted by Crippen LogP contribution is -2.23. The molecular weight excluding hydrogens is 140 g/mol. The number of carbonyl (C=O) groups excluding carboxylic acids is 2. The van der Waals surface area contributed by atoms with Crippen LogP contribution in [-0.2, 0) is 9.59 Å². The second kappa shape index (κ2) is 1.93. The summed E-state index contributed by atoms with van der Waals surface area (Å²) in [5, 5.41) is 0. The maximum atomic E-state index is 11.4. The van der Waals surface area contributed by atoms with Crippen LogP contribution in [0.1, 0.15) is 32.6 Å². The predicted molar refractivity (Wildman–Crippen MR) is 40.1 cm³/mol. The molecule has 0 radical (unpaired) electrons. The Morgan fingerprint density at radius 1 is 1.45 bits per heavy atom. The molecule has 60 valence electrons. The Hall–Kier alpha value is -0.660. The minimum Gasteiger partial charge on any atom is -0.300 e. The SMILES string of the molecule is C[C@]12CC(=O)C[C@H]1CCC2=O. The standard InChI is InChI=1S/C9H12O2/c1-9-5-7(10)4-6(9)2-3-8(9)11/h6H,2-5H2,1H3/t6-,9+/m1/s1. The van der Waals surface area contributed by atoms with Crippen molar-refractivity contribution in [3.05, 3.63) is 0 Å². The molecule has 0 aromatic carbocycles. The van der Waals surface area contributed by atoms with Gasteiger partial charge in [0.25, 0.3) is 0 Å². The van der Waals surface area contributed by atoms with Gasteiger partial charge in [-0.1, -0.05) is 6.92 Å². The van der Waals surface area contributed by atoms with Crippen molar-refractivity contribution < 1.29 is 9.59 Å². The Morgan fingerprint density at radius 2 is 2.18 bits per heavy atom. The van der Waals surface area contributed by atoms with Gasteiger partial charge in [-0.3, -0.25) is 9.59 Å². The number of Topliss-reactive ketones (excluding diaryl/α,β-unsaturated/α-hetero) is 2. The van der Waals surface area contributed by atoms with Crippen molar-refractivity contribution in [2.45, 2.75) is 32.6 Å². The lowest BCUT2D eigenvalue weighted by Gasteiger charge is -2.19.